The van der Waals surface area contributed by atoms with Crippen molar-refractivity contribution in [3.63, 3.8) is 0 Å². The number of hydrogen-bond acceptors (Lipinski definition) is 2. The summed E-state index contributed by atoms with van der Waals surface area (Å²) in [6.45, 7) is 0.628. The van der Waals surface area contributed by atoms with E-state index in [0.717, 1.165) is 24.8 Å². The van der Waals surface area contributed by atoms with Gasteiger partial charge in [0.05, 0.1) is 12.2 Å². The number of benzene rings is 2. The molecule has 0 bridgehead atoms. The second kappa shape index (κ2) is 8.01. The van der Waals surface area contributed by atoms with Crippen molar-refractivity contribution in [3.05, 3.63) is 64.7 Å². The van der Waals surface area contributed by atoms with Crippen LogP contribution in [-0.4, -0.2) is 11.6 Å². The standard InChI is InChI=1S/C17H18ClNOS/c18-14-9-10-15(17(19)21)16(12-14)20-11-5-4-8-13-6-2-1-3-7-13/h1-3,6-7,9-10,12H,4-5,8,11H2,(H2,19,21). The Labute approximate surface area is 135 Å². The van der Waals surface area contributed by atoms with Gasteiger partial charge in [0.25, 0.3) is 0 Å². The zero-order valence-corrected chi connectivity index (χ0v) is 13.3. The first-order valence-corrected chi connectivity index (χ1v) is 7.71. The highest BCUT2D eigenvalue weighted by atomic mass is 35.5. The zero-order valence-electron chi connectivity index (χ0n) is 11.7. The first-order chi connectivity index (χ1) is 10.2. The molecule has 0 saturated heterocycles. The van der Waals surface area contributed by atoms with Crippen LogP contribution < -0.4 is 10.5 Å². The highest BCUT2D eigenvalue weighted by molar-refractivity contribution is 7.80. The highest BCUT2D eigenvalue weighted by Crippen LogP contribution is 2.23. The molecular weight excluding hydrogens is 302 g/mol. The molecule has 110 valence electrons. The van der Waals surface area contributed by atoms with E-state index in [0.29, 0.717) is 22.4 Å². The maximum atomic E-state index is 5.98. The third-order valence-corrected chi connectivity index (χ3v) is 3.62. The summed E-state index contributed by atoms with van der Waals surface area (Å²) in [6, 6.07) is 15.8. The van der Waals surface area contributed by atoms with Gasteiger partial charge in [0.2, 0.25) is 0 Å². The first-order valence-electron chi connectivity index (χ1n) is 6.93. The summed E-state index contributed by atoms with van der Waals surface area (Å²) in [4.78, 5) is 0.325. The zero-order chi connectivity index (χ0) is 15.1. The molecule has 0 spiro atoms. The van der Waals surface area contributed by atoms with Crippen LogP contribution in [0, 0.1) is 0 Å². The van der Waals surface area contributed by atoms with Crippen LogP contribution in [0.5, 0.6) is 5.75 Å². The number of nitrogens with two attached hydrogens (primary N) is 1. The van der Waals surface area contributed by atoms with Crippen molar-refractivity contribution >= 4 is 28.8 Å². The topological polar surface area (TPSA) is 35.2 Å². The van der Waals surface area contributed by atoms with Crippen LogP contribution in [0.15, 0.2) is 48.5 Å². The van der Waals surface area contributed by atoms with Crippen LogP contribution in [0.1, 0.15) is 24.0 Å². The summed E-state index contributed by atoms with van der Waals surface area (Å²) < 4.78 is 5.77. The lowest BCUT2D eigenvalue weighted by Gasteiger charge is -2.11. The molecule has 2 N–H and O–H groups in total. The fraction of sp³-hybridized carbons (Fsp3) is 0.235. The van der Waals surface area contributed by atoms with Gasteiger partial charge in [0, 0.05) is 5.02 Å². The Morgan fingerprint density at radius 2 is 1.86 bits per heavy atom. The second-order valence-corrected chi connectivity index (χ2v) is 5.67. The van der Waals surface area contributed by atoms with E-state index < -0.39 is 0 Å². The van der Waals surface area contributed by atoms with Gasteiger partial charge >= 0.3 is 0 Å². The first kappa shape index (κ1) is 15.8. The molecule has 2 nitrogen and oxygen atoms in total. The molecule has 0 aliphatic heterocycles. The Balaban J connectivity index is 1.81. The number of thiocarbonyl (C=S) groups is 1. The molecule has 0 aliphatic carbocycles. The molecule has 0 fully saturated rings. The van der Waals surface area contributed by atoms with Gasteiger partial charge in [-0.05, 0) is 43.0 Å². The Morgan fingerprint density at radius 3 is 2.57 bits per heavy atom. The van der Waals surface area contributed by atoms with Crippen molar-refractivity contribution in [2.45, 2.75) is 19.3 Å². The molecular formula is C17H18ClNOS. The van der Waals surface area contributed by atoms with Crippen LogP contribution in [0.3, 0.4) is 0 Å². The van der Waals surface area contributed by atoms with Gasteiger partial charge in [-0.25, -0.2) is 0 Å². The highest BCUT2D eigenvalue weighted by Gasteiger charge is 2.07. The quantitative estimate of drug-likeness (QED) is 0.607. The maximum Gasteiger partial charge on any atom is 0.130 e. The summed E-state index contributed by atoms with van der Waals surface area (Å²) in [5.74, 6) is 0.662. The van der Waals surface area contributed by atoms with Crippen LogP contribution >= 0.6 is 23.8 Å². The predicted octanol–water partition coefficient (Wildman–Crippen LogP) is 4.38. The minimum Gasteiger partial charge on any atom is -0.493 e. The Bertz CT molecular complexity index is 601. The molecule has 21 heavy (non-hydrogen) atoms. The molecule has 0 amide bonds. The monoisotopic (exact) mass is 319 g/mol. The third kappa shape index (κ3) is 5.03. The third-order valence-electron chi connectivity index (χ3n) is 3.17. The Morgan fingerprint density at radius 1 is 1.10 bits per heavy atom. The van der Waals surface area contributed by atoms with Crippen molar-refractivity contribution in [2.75, 3.05) is 6.61 Å². The average molecular weight is 320 g/mol. The van der Waals surface area contributed by atoms with Gasteiger partial charge in [0.1, 0.15) is 10.7 Å². The molecule has 4 heteroatoms. The summed E-state index contributed by atoms with van der Waals surface area (Å²) in [6.07, 6.45) is 3.10. The van der Waals surface area contributed by atoms with Crippen molar-refractivity contribution in [2.24, 2.45) is 5.73 Å². The van der Waals surface area contributed by atoms with E-state index in [2.05, 4.69) is 24.3 Å². The van der Waals surface area contributed by atoms with Crippen LogP contribution in [0.2, 0.25) is 5.02 Å². The predicted molar refractivity (Wildman–Crippen MR) is 92.2 cm³/mol. The molecule has 0 saturated carbocycles. The molecule has 0 radical (unpaired) electrons. The Kier molecular flexibility index (Phi) is 6.03. The molecule has 2 aromatic rings. The molecule has 0 aromatic heterocycles. The molecule has 2 aromatic carbocycles. The molecule has 0 heterocycles. The van der Waals surface area contributed by atoms with E-state index >= 15 is 0 Å². The number of unbranched alkanes of at least 4 members (excludes halogenated alkanes) is 1. The minimum atomic E-state index is 0.325. The van der Waals surface area contributed by atoms with Crippen LogP contribution in [0.4, 0.5) is 0 Å². The van der Waals surface area contributed by atoms with Gasteiger partial charge in [-0.3, -0.25) is 0 Å². The smallest absolute Gasteiger partial charge is 0.130 e. The van der Waals surface area contributed by atoms with Crippen LogP contribution in [0.25, 0.3) is 0 Å². The van der Waals surface area contributed by atoms with E-state index in [-0.39, 0.29) is 0 Å². The lowest BCUT2D eigenvalue weighted by molar-refractivity contribution is 0.306. The Hall–Kier alpha value is -1.58. The summed E-state index contributed by atoms with van der Waals surface area (Å²) in [5.41, 5.74) is 7.76. The van der Waals surface area contributed by atoms with E-state index in [4.69, 9.17) is 34.3 Å². The number of rotatable bonds is 7. The number of ether oxygens (including phenoxy) is 1. The molecule has 0 atom stereocenters. The second-order valence-electron chi connectivity index (χ2n) is 4.80. The van der Waals surface area contributed by atoms with E-state index in [1.165, 1.54) is 5.56 Å². The number of hydrogen-bond donors (Lipinski definition) is 1. The van der Waals surface area contributed by atoms with Crippen LogP contribution in [-0.2, 0) is 6.42 Å². The maximum absolute atomic E-state index is 5.98. The number of aryl methyl sites for hydroxylation is 1. The van der Waals surface area contributed by atoms with Gasteiger partial charge in [-0.2, -0.15) is 0 Å². The van der Waals surface area contributed by atoms with Crippen molar-refractivity contribution < 1.29 is 4.74 Å². The van der Waals surface area contributed by atoms with Gasteiger partial charge in [0.15, 0.2) is 0 Å². The van der Waals surface area contributed by atoms with E-state index in [1.807, 2.05) is 6.07 Å². The molecule has 2 rings (SSSR count). The summed E-state index contributed by atoms with van der Waals surface area (Å²) >= 11 is 11.0. The largest absolute Gasteiger partial charge is 0.493 e. The van der Waals surface area contributed by atoms with Gasteiger partial charge < -0.3 is 10.5 Å². The van der Waals surface area contributed by atoms with Crippen molar-refractivity contribution in [1.82, 2.24) is 0 Å². The summed E-state index contributed by atoms with van der Waals surface area (Å²) in [5, 5.41) is 0.620. The lowest BCUT2D eigenvalue weighted by atomic mass is 10.1. The lowest BCUT2D eigenvalue weighted by Crippen LogP contribution is -2.12. The fourth-order valence-corrected chi connectivity index (χ4v) is 2.41. The average Bonchev–Trinajstić information content (AvgIpc) is 2.48. The van der Waals surface area contributed by atoms with Gasteiger partial charge in [-0.15, -0.1) is 0 Å². The van der Waals surface area contributed by atoms with Crippen molar-refractivity contribution in [1.29, 1.82) is 0 Å². The van der Waals surface area contributed by atoms with Crippen molar-refractivity contribution in [3.8, 4) is 5.75 Å². The van der Waals surface area contributed by atoms with Gasteiger partial charge in [-0.1, -0.05) is 54.2 Å². The normalized spacial score (nSPS) is 10.3. The van der Waals surface area contributed by atoms with E-state index in [1.54, 1.807) is 18.2 Å². The number of halogens is 1. The minimum absolute atomic E-state index is 0.325. The SMILES string of the molecule is NC(=S)c1ccc(Cl)cc1OCCCCc1ccccc1. The molecule has 0 aliphatic rings. The fourth-order valence-electron chi connectivity index (χ4n) is 2.08. The van der Waals surface area contributed by atoms with E-state index in [9.17, 15) is 0 Å². The molecule has 0 unspecified atom stereocenters. The summed E-state index contributed by atoms with van der Waals surface area (Å²) in [7, 11) is 0.